The van der Waals surface area contributed by atoms with Gasteiger partial charge in [0.1, 0.15) is 12.4 Å². The average molecular weight is 456 g/mol. The van der Waals surface area contributed by atoms with Crippen molar-refractivity contribution in [1.82, 2.24) is 20.1 Å². The summed E-state index contributed by atoms with van der Waals surface area (Å²) in [7, 11) is 1.46. The van der Waals surface area contributed by atoms with Crippen LogP contribution >= 0.6 is 0 Å². The van der Waals surface area contributed by atoms with Gasteiger partial charge in [-0.25, -0.2) is 14.1 Å². The Morgan fingerprint density at radius 2 is 2.00 bits per heavy atom. The van der Waals surface area contributed by atoms with Gasteiger partial charge < -0.3 is 19.5 Å². The zero-order valence-corrected chi connectivity index (χ0v) is 18.8. The number of amides is 1. The summed E-state index contributed by atoms with van der Waals surface area (Å²) in [5.41, 5.74) is 3.31. The molecule has 33 heavy (non-hydrogen) atoms. The number of nitrogens with zero attached hydrogens (tertiary/aromatic N) is 3. The molecule has 10 heteroatoms. The number of aryl methyl sites for hydroxylation is 1. The quantitative estimate of drug-likeness (QED) is 0.390. The number of hydrogen-bond donors (Lipinski definition) is 1. The molecule has 0 aliphatic carbocycles. The van der Waals surface area contributed by atoms with Crippen LogP contribution in [0.2, 0.25) is 0 Å². The number of pyridine rings is 1. The minimum Gasteiger partial charge on any atom is -0.465 e. The fraction of sp³-hybridized carbons (Fsp3) is 0.304. The molecule has 1 aromatic carbocycles. The average Bonchev–Trinajstić information content (AvgIpc) is 3.18. The molecule has 2 heterocycles. The first-order valence-electron chi connectivity index (χ1n) is 10.2. The van der Waals surface area contributed by atoms with E-state index in [-0.39, 0.29) is 37.2 Å². The van der Waals surface area contributed by atoms with Crippen LogP contribution in [0.15, 0.2) is 36.7 Å². The molecule has 3 rings (SSSR count). The zero-order valence-electron chi connectivity index (χ0n) is 18.8. The summed E-state index contributed by atoms with van der Waals surface area (Å²) in [6.45, 7) is 5.09. The number of esters is 1. The van der Waals surface area contributed by atoms with Crippen LogP contribution in [0.3, 0.4) is 0 Å². The Bertz CT molecular complexity index is 1160. The van der Waals surface area contributed by atoms with Gasteiger partial charge in [-0.1, -0.05) is 6.07 Å². The van der Waals surface area contributed by atoms with Gasteiger partial charge in [0.25, 0.3) is 5.91 Å². The maximum absolute atomic E-state index is 13.6. The van der Waals surface area contributed by atoms with Gasteiger partial charge in [0.2, 0.25) is 0 Å². The van der Waals surface area contributed by atoms with Gasteiger partial charge in [0.05, 0.1) is 18.0 Å². The van der Waals surface area contributed by atoms with E-state index in [9.17, 15) is 14.0 Å². The van der Waals surface area contributed by atoms with Gasteiger partial charge in [-0.05, 0) is 39.0 Å². The lowest BCUT2D eigenvalue weighted by atomic mass is 10.0. The largest absolute Gasteiger partial charge is 0.465 e. The first kappa shape index (κ1) is 23.9. The second kappa shape index (κ2) is 10.7. The van der Waals surface area contributed by atoms with Crippen LogP contribution < -0.4 is 10.1 Å². The number of aromatic nitrogens is 3. The van der Waals surface area contributed by atoms with Gasteiger partial charge in [-0.3, -0.25) is 9.59 Å². The summed E-state index contributed by atoms with van der Waals surface area (Å²) in [5, 5.41) is 6.96. The van der Waals surface area contributed by atoms with Crippen LogP contribution in [-0.2, 0) is 14.3 Å². The minimum absolute atomic E-state index is 0.00720. The maximum atomic E-state index is 13.6. The van der Waals surface area contributed by atoms with E-state index in [0.717, 1.165) is 5.56 Å². The third-order valence-corrected chi connectivity index (χ3v) is 4.78. The Labute approximate surface area is 190 Å². The Hall–Kier alpha value is -3.79. The standard InChI is InChI=1S/C23H25FN4O5/c1-5-32-20(29)11-26-23(30)21-22(33-13-31-4)14(2)18(10-25-21)19-12-28(27-15(19)3)17-8-6-7-16(24)9-17/h6-10,12H,5,11,13H2,1-4H3,(H,26,30). The molecule has 0 spiro atoms. The van der Waals surface area contributed by atoms with Crippen LogP contribution in [-0.4, -0.2) is 53.7 Å². The number of carbonyl (C=O) groups is 2. The van der Waals surface area contributed by atoms with Gasteiger partial charge >= 0.3 is 5.97 Å². The highest BCUT2D eigenvalue weighted by molar-refractivity contribution is 5.97. The monoisotopic (exact) mass is 456 g/mol. The lowest BCUT2D eigenvalue weighted by molar-refractivity contribution is -0.141. The molecule has 2 aromatic heterocycles. The molecule has 0 atom stereocenters. The Balaban J connectivity index is 1.97. The lowest BCUT2D eigenvalue weighted by Gasteiger charge is -2.15. The summed E-state index contributed by atoms with van der Waals surface area (Å²) in [6, 6.07) is 6.09. The first-order chi connectivity index (χ1) is 15.8. The van der Waals surface area contributed by atoms with Gasteiger partial charge in [-0.2, -0.15) is 5.10 Å². The number of nitrogens with one attached hydrogen (secondary N) is 1. The predicted molar refractivity (Wildman–Crippen MR) is 118 cm³/mol. The van der Waals surface area contributed by atoms with Crippen molar-refractivity contribution in [1.29, 1.82) is 0 Å². The van der Waals surface area contributed by atoms with Crippen LogP contribution in [0.4, 0.5) is 4.39 Å². The predicted octanol–water partition coefficient (Wildman–Crippen LogP) is 2.97. The van der Waals surface area contributed by atoms with Crippen LogP contribution in [0.25, 0.3) is 16.8 Å². The Morgan fingerprint density at radius 3 is 2.70 bits per heavy atom. The lowest BCUT2D eigenvalue weighted by Crippen LogP contribution is -2.31. The molecule has 0 bridgehead atoms. The second-order valence-electron chi connectivity index (χ2n) is 7.07. The molecule has 0 aliphatic heterocycles. The number of methoxy groups -OCH3 is 1. The van der Waals surface area contributed by atoms with Crippen molar-refractivity contribution >= 4 is 11.9 Å². The van der Waals surface area contributed by atoms with Crippen molar-refractivity contribution in [3.63, 3.8) is 0 Å². The third-order valence-electron chi connectivity index (χ3n) is 4.78. The fourth-order valence-corrected chi connectivity index (χ4v) is 3.24. The van der Waals surface area contributed by atoms with Crippen molar-refractivity contribution in [3.05, 3.63) is 59.4 Å². The zero-order chi connectivity index (χ0) is 24.0. The third kappa shape index (κ3) is 5.53. The highest BCUT2D eigenvalue weighted by Crippen LogP contribution is 2.33. The maximum Gasteiger partial charge on any atom is 0.325 e. The molecule has 0 fully saturated rings. The smallest absolute Gasteiger partial charge is 0.325 e. The second-order valence-corrected chi connectivity index (χ2v) is 7.07. The van der Waals surface area contributed by atoms with Gasteiger partial charge in [-0.15, -0.1) is 0 Å². The van der Waals surface area contributed by atoms with Crippen molar-refractivity contribution in [2.45, 2.75) is 20.8 Å². The number of carbonyl (C=O) groups excluding carboxylic acids is 2. The number of halogens is 1. The highest BCUT2D eigenvalue weighted by Gasteiger charge is 2.22. The van der Waals surface area contributed by atoms with Gasteiger partial charge in [0, 0.05) is 36.2 Å². The van der Waals surface area contributed by atoms with Crippen molar-refractivity contribution < 1.29 is 28.2 Å². The molecule has 1 amide bonds. The number of benzene rings is 1. The number of rotatable bonds is 9. The molecule has 174 valence electrons. The summed E-state index contributed by atoms with van der Waals surface area (Å²) in [5.74, 6) is -1.29. The summed E-state index contributed by atoms with van der Waals surface area (Å²) < 4.78 is 30.7. The fourth-order valence-electron chi connectivity index (χ4n) is 3.24. The molecular formula is C23H25FN4O5. The number of ether oxygens (including phenoxy) is 3. The molecule has 3 aromatic rings. The molecule has 1 N–H and O–H groups in total. The normalized spacial score (nSPS) is 10.7. The van der Waals surface area contributed by atoms with E-state index in [0.29, 0.717) is 22.5 Å². The van der Waals surface area contributed by atoms with E-state index >= 15 is 0 Å². The molecule has 0 unspecified atom stereocenters. The summed E-state index contributed by atoms with van der Waals surface area (Å²) in [4.78, 5) is 28.5. The van der Waals surface area contributed by atoms with Crippen LogP contribution in [0, 0.1) is 19.7 Å². The first-order valence-corrected chi connectivity index (χ1v) is 10.2. The van der Waals surface area contributed by atoms with Crippen LogP contribution in [0.1, 0.15) is 28.7 Å². The summed E-state index contributed by atoms with van der Waals surface area (Å²) >= 11 is 0. The topological polar surface area (TPSA) is 105 Å². The van der Waals surface area contributed by atoms with Crippen LogP contribution in [0.5, 0.6) is 5.75 Å². The highest BCUT2D eigenvalue weighted by atomic mass is 19.1. The SMILES string of the molecule is CCOC(=O)CNC(=O)c1ncc(-c2cn(-c3cccc(F)c3)nc2C)c(C)c1OCOC. The molecule has 0 radical (unpaired) electrons. The summed E-state index contributed by atoms with van der Waals surface area (Å²) in [6.07, 6.45) is 3.29. The van der Waals surface area contributed by atoms with Crippen molar-refractivity contribution in [2.24, 2.45) is 0 Å². The minimum atomic E-state index is -0.587. The molecule has 0 saturated carbocycles. The van der Waals surface area contributed by atoms with E-state index in [2.05, 4.69) is 15.4 Å². The van der Waals surface area contributed by atoms with E-state index in [1.807, 2.05) is 6.92 Å². The van der Waals surface area contributed by atoms with Crippen molar-refractivity contribution in [2.75, 3.05) is 27.1 Å². The van der Waals surface area contributed by atoms with Crippen molar-refractivity contribution in [3.8, 4) is 22.6 Å². The molecular weight excluding hydrogens is 431 g/mol. The van der Waals surface area contributed by atoms with E-state index < -0.39 is 11.9 Å². The Kier molecular flexibility index (Phi) is 7.73. The number of hydrogen-bond acceptors (Lipinski definition) is 7. The van der Waals surface area contributed by atoms with E-state index in [1.54, 1.807) is 36.9 Å². The van der Waals surface area contributed by atoms with Gasteiger partial charge in [0.15, 0.2) is 18.2 Å². The molecule has 0 saturated heterocycles. The molecule has 9 nitrogen and oxygen atoms in total. The van der Waals surface area contributed by atoms with E-state index in [1.165, 1.54) is 25.4 Å². The van der Waals surface area contributed by atoms with E-state index in [4.69, 9.17) is 14.2 Å². The Morgan fingerprint density at radius 1 is 1.21 bits per heavy atom. The molecule has 0 aliphatic rings.